The molecule has 6 nitrogen and oxygen atoms in total. The number of hydrogen-bond donors (Lipinski definition) is 2. The molecule has 0 saturated heterocycles. The molecule has 0 bridgehead atoms. The molecule has 0 aliphatic carbocycles. The fourth-order valence-electron chi connectivity index (χ4n) is 1.12. The Morgan fingerprint density at radius 2 is 2.38 bits per heavy atom. The number of likely N-dealkylation sites (N-methyl/N-ethyl adjacent to an activating group) is 1. The van der Waals surface area contributed by atoms with Crippen LogP contribution in [-0.2, 0) is 11.3 Å². The predicted octanol–water partition coefficient (Wildman–Crippen LogP) is -1.03. The molecule has 0 spiro atoms. The Kier molecular flexibility index (Phi) is 4.53. The van der Waals surface area contributed by atoms with Gasteiger partial charge in [-0.05, 0) is 12.1 Å². The average molecular weight is 226 g/mol. The highest BCUT2D eigenvalue weighted by atomic mass is 16.5. The van der Waals surface area contributed by atoms with Crippen LogP contribution in [0.3, 0.4) is 0 Å². The molecule has 1 amide bonds. The fourth-order valence-corrected chi connectivity index (χ4v) is 1.12. The van der Waals surface area contributed by atoms with E-state index in [0.717, 1.165) is 0 Å². The van der Waals surface area contributed by atoms with Gasteiger partial charge in [0.25, 0.3) is 11.5 Å². The molecule has 0 unspecified atom stereocenters. The van der Waals surface area contributed by atoms with Gasteiger partial charge in [0.05, 0.1) is 6.61 Å². The van der Waals surface area contributed by atoms with E-state index in [2.05, 4.69) is 5.32 Å². The number of carbonyl (C=O) groups excluding carboxylic acids is 1. The first-order valence-corrected chi connectivity index (χ1v) is 4.82. The number of aliphatic hydroxyl groups excluding tert-OH is 1. The first kappa shape index (κ1) is 12.3. The van der Waals surface area contributed by atoms with Gasteiger partial charge in [0.2, 0.25) is 0 Å². The van der Waals surface area contributed by atoms with Crippen LogP contribution in [0, 0.1) is 0 Å². The second-order valence-electron chi connectivity index (χ2n) is 3.06. The summed E-state index contributed by atoms with van der Waals surface area (Å²) < 4.78 is 6.37. The van der Waals surface area contributed by atoms with Crippen LogP contribution in [0.1, 0.15) is 0 Å². The molecular formula is C10H14N2O4. The van der Waals surface area contributed by atoms with Crippen LogP contribution in [0.4, 0.5) is 0 Å². The summed E-state index contributed by atoms with van der Waals surface area (Å²) in [7, 11) is 1.49. The molecule has 1 heterocycles. The van der Waals surface area contributed by atoms with E-state index >= 15 is 0 Å². The molecule has 0 saturated carbocycles. The number of carbonyl (C=O) groups is 1. The molecular weight excluding hydrogens is 212 g/mol. The Bertz CT molecular complexity index is 414. The van der Waals surface area contributed by atoms with Gasteiger partial charge in [0.1, 0.15) is 0 Å². The van der Waals surface area contributed by atoms with Crippen LogP contribution in [0.15, 0.2) is 23.1 Å². The zero-order valence-electron chi connectivity index (χ0n) is 8.97. The normalized spacial score (nSPS) is 9.88. The van der Waals surface area contributed by atoms with Crippen molar-refractivity contribution in [3.8, 4) is 5.75 Å². The topological polar surface area (TPSA) is 80.6 Å². The summed E-state index contributed by atoms with van der Waals surface area (Å²) in [4.78, 5) is 22.6. The van der Waals surface area contributed by atoms with Crippen molar-refractivity contribution in [3.05, 3.63) is 28.7 Å². The van der Waals surface area contributed by atoms with Gasteiger partial charge >= 0.3 is 0 Å². The molecule has 1 rings (SSSR count). The van der Waals surface area contributed by atoms with E-state index in [9.17, 15) is 9.59 Å². The lowest BCUT2D eigenvalue weighted by Gasteiger charge is -2.07. The highest BCUT2D eigenvalue weighted by Crippen LogP contribution is 2.01. The molecule has 0 aliphatic rings. The lowest BCUT2D eigenvalue weighted by Crippen LogP contribution is -2.28. The number of amides is 1. The number of nitrogens with zero attached hydrogens (tertiary/aromatic N) is 1. The highest BCUT2D eigenvalue weighted by Gasteiger charge is 2.05. The van der Waals surface area contributed by atoms with Crippen molar-refractivity contribution in [2.45, 2.75) is 6.54 Å². The lowest BCUT2D eigenvalue weighted by molar-refractivity contribution is -0.122. The number of aliphatic hydroxyl groups is 1. The van der Waals surface area contributed by atoms with Gasteiger partial charge in [-0.2, -0.15) is 0 Å². The maximum atomic E-state index is 11.7. The summed E-state index contributed by atoms with van der Waals surface area (Å²) in [5.74, 6) is -0.212. The first-order valence-electron chi connectivity index (χ1n) is 4.82. The standard InChI is InChI=1S/C10H14N2O4/c1-11-9(14)7-16-8-3-2-4-12(5-6-13)10(8)15/h2-4,13H,5-7H2,1H3,(H,11,14). The Labute approximate surface area is 92.5 Å². The van der Waals surface area contributed by atoms with Crippen LogP contribution < -0.4 is 15.6 Å². The minimum Gasteiger partial charge on any atom is -0.478 e. The van der Waals surface area contributed by atoms with Crippen LogP contribution in [0.2, 0.25) is 0 Å². The Morgan fingerprint density at radius 1 is 1.62 bits per heavy atom. The van der Waals surface area contributed by atoms with E-state index in [4.69, 9.17) is 9.84 Å². The summed E-state index contributed by atoms with van der Waals surface area (Å²) in [6, 6.07) is 3.11. The number of pyridine rings is 1. The zero-order chi connectivity index (χ0) is 12.0. The van der Waals surface area contributed by atoms with Crippen LogP contribution in [0.5, 0.6) is 5.75 Å². The third-order valence-corrected chi connectivity index (χ3v) is 1.96. The van der Waals surface area contributed by atoms with Crippen LogP contribution >= 0.6 is 0 Å². The molecule has 88 valence electrons. The average Bonchev–Trinajstić information content (AvgIpc) is 2.30. The maximum absolute atomic E-state index is 11.7. The van der Waals surface area contributed by atoms with Crippen molar-refractivity contribution in [3.63, 3.8) is 0 Å². The van der Waals surface area contributed by atoms with Gasteiger partial charge in [-0.25, -0.2) is 0 Å². The SMILES string of the molecule is CNC(=O)COc1cccn(CCO)c1=O. The summed E-state index contributed by atoms with van der Waals surface area (Å²) in [5.41, 5.74) is -0.361. The van der Waals surface area contributed by atoms with Gasteiger partial charge in [0.15, 0.2) is 12.4 Å². The minimum absolute atomic E-state index is 0.0968. The first-order chi connectivity index (χ1) is 7.69. The second kappa shape index (κ2) is 5.92. The molecule has 2 N–H and O–H groups in total. The molecule has 16 heavy (non-hydrogen) atoms. The van der Waals surface area contributed by atoms with Crippen molar-refractivity contribution in [1.29, 1.82) is 0 Å². The Hall–Kier alpha value is -1.82. The number of nitrogens with one attached hydrogen (secondary N) is 1. The molecule has 0 fully saturated rings. The van der Waals surface area contributed by atoms with E-state index in [1.165, 1.54) is 17.7 Å². The minimum atomic E-state index is -0.361. The molecule has 0 aromatic carbocycles. The molecule has 0 radical (unpaired) electrons. The Balaban J connectivity index is 2.77. The zero-order valence-corrected chi connectivity index (χ0v) is 8.97. The number of hydrogen-bond acceptors (Lipinski definition) is 4. The molecule has 0 aliphatic heterocycles. The van der Waals surface area contributed by atoms with Gasteiger partial charge in [0, 0.05) is 19.8 Å². The third kappa shape index (κ3) is 3.09. The summed E-state index contributed by atoms with van der Waals surface area (Å²) in [6.07, 6.45) is 1.55. The molecule has 1 aromatic heterocycles. The van der Waals surface area contributed by atoms with Gasteiger partial charge in [-0.1, -0.05) is 0 Å². The molecule has 6 heteroatoms. The monoisotopic (exact) mass is 226 g/mol. The number of rotatable bonds is 5. The van der Waals surface area contributed by atoms with Crippen molar-refractivity contribution >= 4 is 5.91 Å². The lowest BCUT2D eigenvalue weighted by atomic mass is 10.4. The van der Waals surface area contributed by atoms with Gasteiger partial charge in [-0.3, -0.25) is 9.59 Å². The second-order valence-corrected chi connectivity index (χ2v) is 3.06. The van der Waals surface area contributed by atoms with E-state index in [0.29, 0.717) is 0 Å². The van der Waals surface area contributed by atoms with E-state index < -0.39 is 0 Å². The summed E-state index contributed by atoms with van der Waals surface area (Å²) in [6.45, 7) is -0.121. The summed E-state index contributed by atoms with van der Waals surface area (Å²) >= 11 is 0. The smallest absolute Gasteiger partial charge is 0.292 e. The van der Waals surface area contributed by atoms with Crippen molar-refractivity contribution < 1.29 is 14.6 Å². The van der Waals surface area contributed by atoms with Crippen LogP contribution in [-0.4, -0.2) is 35.8 Å². The van der Waals surface area contributed by atoms with Crippen molar-refractivity contribution in [1.82, 2.24) is 9.88 Å². The molecule has 1 aromatic rings. The molecule has 0 atom stereocenters. The quantitative estimate of drug-likeness (QED) is 0.672. The fraction of sp³-hybridized carbons (Fsp3) is 0.400. The van der Waals surface area contributed by atoms with Gasteiger partial charge < -0.3 is 19.7 Å². The Morgan fingerprint density at radius 3 is 3.00 bits per heavy atom. The predicted molar refractivity (Wildman–Crippen MR) is 57.3 cm³/mol. The maximum Gasteiger partial charge on any atom is 0.292 e. The number of ether oxygens (including phenoxy) is 1. The van der Waals surface area contributed by atoms with Gasteiger partial charge in [-0.15, -0.1) is 0 Å². The largest absolute Gasteiger partial charge is 0.478 e. The highest BCUT2D eigenvalue weighted by molar-refractivity contribution is 5.77. The van der Waals surface area contributed by atoms with E-state index in [1.807, 2.05) is 0 Å². The van der Waals surface area contributed by atoms with Crippen LogP contribution in [0.25, 0.3) is 0 Å². The number of aromatic nitrogens is 1. The van der Waals surface area contributed by atoms with E-state index in [1.54, 1.807) is 12.3 Å². The third-order valence-electron chi connectivity index (χ3n) is 1.96. The van der Waals surface area contributed by atoms with Crippen molar-refractivity contribution in [2.24, 2.45) is 0 Å². The van der Waals surface area contributed by atoms with E-state index in [-0.39, 0.29) is 37.0 Å². The summed E-state index contributed by atoms with van der Waals surface area (Å²) in [5, 5.41) is 11.1. The van der Waals surface area contributed by atoms with Crippen molar-refractivity contribution in [2.75, 3.05) is 20.3 Å².